The number of nitrogens with one attached hydrogen (secondary N) is 4. The van der Waals surface area contributed by atoms with Gasteiger partial charge in [0.25, 0.3) is 5.91 Å². The molecule has 0 saturated carbocycles. The van der Waals surface area contributed by atoms with Gasteiger partial charge in [0.2, 0.25) is 17.7 Å². The molecule has 0 saturated heterocycles. The standard InChI is InChI=1S/C22H24N4O6/c1-2-32-21(30)14-25-19(28)12-23-18(27)11-24-20(29)13-26-22(31)17-10-6-5-9-16(17)15-7-3-4-8-15/h3-7,9-10H,2,11-14H2,1H3,(H,23,27)(H,24,29)(H,25,28)(H,26,31). The van der Waals surface area contributed by atoms with Crippen molar-refractivity contribution in [3.05, 3.63) is 59.4 Å². The van der Waals surface area contributed by atoms with Crippen molar-refractivity contribution < 1.29 is 28.7 Å². The molecular weight excluding hydrogens is 416 g/mol. The first-order valence-electron chi connectivity index (χ1n) is 9.87. The van der Waals surface area contributed by atoms with Crippen LogP contribution in [-0.4, -0.2) is 62.4 Å². The van der Waals surface area contributed by atoms with Gasteiger partial charge < -0.3 is 26.0 Å². The lowest BCUT2D eigenvalue weighted by atomic mass is 10.0. The number of hydrogen-bond acceptors (Lipinski definition) is 6. The average Bonchev–Trinajstić information content (AvgIpc) is 3.33. The van der Waals surface area contributed by atoms with E-state index in [9.17, 15) is 24.0 Å². The van der Waals surface area contributed by atoms with Crippen LogP contribution in [0.15, 0.2) is 48.2 Å². The molecule has 0 atom stereocenters. The molecule has 4 N–H and O–H groups in total. The largest absolute Gasteiger partial charge is 0.465 e. The number of amides is 4. The van der Waals surface area contributed by atoms with E-state index in [1.54, 1.807) is 37.3 Å². The molecule has 0 unspecified atom stereocenters. The molecule has 0 bridgehead atoms. The van der Waals surface area contributed by atoms with Crippen LogP contribution in [0.3, 0.4) is 0 Å². The Morgan fingerprint density at radius 1 is 0.844 bits per heavy atom. The third kappa shape index (κ3) is 7.92. The molecule has 0 radical (unpaired) electrons. The fourth-order valence-corrected chi connectivity index (χ4v) is 2.60. The maximum Gasteiger partial charge on any atom is 0.325 e. The molecule has 0 spiro atoms. The number of rotatable bonds is 11. The minimum absolute atomic E-state index is 0.199. The molecule has 1 aromatic rings. The molecule has 2 rings (SSSR count). The lowest BCUT2D eigenvalue weighted by Crippen LogP contribution is -2.45. The molecule has 10 heteroatoms. The minimum atomic E-state index is -0.604. The normalized spacial score (nSPS) is 11.3. The van der Waals surface area contributed by atoms with Gasteiger partial charge in [-0.2, -0.15) is 0 Å². The van der Waals surface area contributed by atoms with Crippen molar-refractivity contribution in [3.8, 4) is 0 Å². The summed E-state index contributed by atoms with van der Waals surface area (Å²) in [6.45, 7) is 0.476. The van der Waals surface area contributed by atoms with Crippen molar-refractivity contribution in [2.75, 3.05) is 32.8 Å². The molecule has 1 aromatic carbocycles. The number of hydrogen-bond donors (Lipinski definition) is 4. The summed E-state index contributed by atoms with van der Waals surface area (Å²) in [4.78, 5) is 58.8. The van der Waals surface area contributed by atoms with Gasteiger partial charge in [0.1, 0.15) is 6.54 Å². The predicted molar refractivity (Wildman–Crippen MR) is 115 cm³/mol. The summed E-state index contributed by atoms with van der Waals surface area (Å²) in [6.07, 6.45) is 5.38. The zero-order chi connectivity index (χ0) is 23.3. The van der Waals surface area contributed by atoms with Gasteiger partial charge in [-0.3, -0.25) is 24.0 Å². The summed E-state index contributed by atoms with van der Waals surface area (Å²) in [7, 11) is 0. The van der Waals surface area contributed by atoms with E-state index >= 15 is 0 Å². The van der Waals surface area contributed by atoms with Gasteiger partial charge in [-0.1, -0.05) is 24.3 Å². The van der Waals surface area contributed by atoms with Crippen LogP contribution in [0.4, 0.5) is 0 Å². The van der Waals surface area contributed by atoms with Gasteiger partial charge in [0.15, 0.2) is 0 Å². The number of allylic oxidation sites excluding steroid dienone is 3. The van der Waals surface area contributed by atoms with Crippen LogP contribution in [0, 0.1) is 0 Å². The van der Waals surface area contributed by atoms with Crippen LogP contribution in [0.2, 0.25) is 0 Å². The van der Waals surface area contributed by atoms with E-state index in [0.29, 0.717) is 11.1 Å². The molecule has 0 fully saturated rings. The lowest BCUT2D eigenvalue weighted by molar-refractivity contribution is -0.143. The molecule has 10 nitrogen and oxygen atoms in total. The molecule has 0 aliphatic heterocycles. The number of ether oxygens (including phenoxy) is 1. The second kappa shape index (κ2) is 12.5. The Balaban J connectivity index is 1.69. The Morgan fingerprint density at radius 2 is 1.44 bits per heavy atom. The molecule has 4 amide bonds. The first kappa shape index (κ1) is 24.1. The highest BCUT2D eigenvalue weighted by Gasteiger charge is 2.15. The van der Waals surface area contributed by atoms with Crippen LogP contribution < -0.4 is 21.3 Å². The average molecular weight is 440 g/mol. The molecule has 168 valence electrons. The summed E-state index contributed by atoms with van der Waals surface area (Å²) in [6, 6.07) is 6.95. The number of carbonyl (C=O) groups excluding carboxylic acids is 5. The highest BCUT2D eigenvalue weighted by molar-refractivity contribution is 6.02. The quantitative estimate of drug-likeness (QED) is 0.268. The fraction of sp³-hybridized carbons (Fsp3) is 0.273. The minimum Gasteiger partial charge on any atom is -0.465 e. The van der Waals surface area contributed by atoms with Gasteiger partial charge in [-0.25, -0.2) is 0 Å². The van der Waals surface area contributed by atoms with E-state index < -0.39 is 29.6 Å². The van der Waals surface area contributed by atoms with Crippen molar-refractivity contribution in [2.24, 2.45) is 0 Å². The maximum atomic E-state index is 12.5. The van der Waals surface area contributed by atoms with Crippen LogP contribution in [-0.2, 0) is 23.9 Å². The SMILES string of the molecule is CCOC(=O)CNC(=O)CNC(=O)CNC(=O)CNC(=O)c1ccccc1C1=C=CC=C1. The van der Waals surface area contributed by atoms with Gasteiger partial charge in [0, 0.05) is 16.7 Å². The van der Waals surface area contributed by atoms with Gasteiger partial charge in [-0.15, -0.1) is 5.73 Å². The van der Waals surface area contributed by atoms with Crippen LogP contribution in [0.5, 0.6) is 0 Å². The van der Waals surface area contributed by atoms with E-state index in [2.05, 4.69) is 31.7 Å². The Bertz CT molecular complexity index is 992. The monoisotopic (exact) mass is 440 g/mol. The van der Waals surface area contributed by atoms with Crippen molar-refractivity contribution in [1.82, 2.24) is 21.3 Å². The number of benzene rings is 1. The smallest absolute Gasteiger partial charge is 0.325 e. The fourth-order valence-electron chi connectivity index (χ4n) is 2.60. The van der Waals surface area contributed by atoms with Crippen molar-refractivity contribution in [2.45, 2.75) is 6.92 Å². The topological polar surface area (TPSA) is 143 Å². The summed E-state index contributed by atoms with van der Waals surface area (Å²) in [5.41, 5.74) is 4.89. The molecule has 1 aliphatic carbocycles. The summed E-state index contributed by atoms with van der Waals surface area (Å²) >= 11 is 0. The number of esters is 1. The van der Waals surface area contributed by atoms with Crippen molar-refractivity contribution >= 4 is 35.2 Å². The summed E-state index contributed by atoms with van der Waals surface area (Å²) < 4.78 is 4.66. The molecule has 0 aromatic heterocycles. The van der Waals surface area contributed by atoms with Crippen LogP contribution >= 0.6 is 0 Å². The maximum absolute atomic E-state index is 12.5. The Hall–Kier alpha value is -4.17. The van der Waals surface area contributed by atoms with E-state index in [0.717, 1.165) is 5.57 Å². The van der Waals surface area contributed by atoms with E-state index in [1.165, 1.54) is 0 Å². The lowest BCUT2D eigenvalue weighted by Gasteiger charge is -2.10. The predicted octanol–water partition coefficient (Wildman–Crippen LogP) is -0.564. The third-order valence-electron chi connectivity index (χ3n) is 4.10. The second-order valence-corrected chi connectivity index (χ2v) is 6.45. The number of carbonyl (C=O) groups is 5. The van der Waals surface area contributed by atoms with Gasteiger partial charge in [-0.05, 0) is 25.1 Å². The van der Waals surface area contributed by atoms with E-state index in [4.69, 9.17) is 0 Å². The second-order valence-electron chi connectivity index (χ2n) is 6.45. The zero-order valence-corrected chi connectivity index (χ0v) is 17.5. The first-order valence-corrected chi connectivity index (χ1v) is 9.87. The highest BCUT2D eigenvalue weighted by atomic mass is 16.5. The zero-order valence-electron chi connectivity index (χ0n) is 17.5. The Labute approximate surface area is 184 Å². The van der Waals surface area contributed by atoms with Crippen molar-refractivity contribution in [3.63, 3.8) is 0 Å². The highest BCUT2D eigenvalue weighted by Crippen LogP contribution is 2.21. The molecule has 0 heterocycles. The molecule has 32 heavy (non-hydrogen) atoms. The van der Waals surface area contributed by atoms with Crippen LogP contribution in [0.25, 0.3) is 5.57 Å². The Kier molecular flexibility index (Phi) is 9.42. The molecular formula is C22H24N4O6. The van der Waals surface area contributed by atoms with Crippen molar-refractivity contribution in [1.29, 1.82) is 0 Å². The summed E-state index contributed by atoms with van der Waals surface area (Å²) in [5, 5.41) is 9.44. The van der Waals surface area contributed by atoms with Gasteiger partial charge >= 0.3 is 5.97 Å². The molecule has 1 aliphatic rings. The first-order chi connectivity index (χ1) is 15.4. The van der Waals surface area contributed by atoms with E-state index in [-0.39, 0.29) is 32.8 Å². The summed E-state index contributed by atoms with van der Waals surface area (Å²) in [5.74, 6) is -2.78. The third-order valence-corrected chi connectivity index (χ3v) is 4.10. The van der Waals surface area contributed by atoms with E-state index in [1.807, 2.05) is 12.2 Å². The van der Waals surface area contributed by atoms with Gasteiger partial charge in [0.05, 0.1) is 26.2 Å². The van der Waals surface area contributed by atoms with Crippen LogP contribution in [0.1, 0.15) is 22.8 Å². The Morgan fingerprint density at radius 3 is 2.03 bits per heavy atom.